The lowest BCUT2D eigenvalue weighted by molar-refractivity contribution is -0.137. The van der Waals surface area contributed by atoms with Crippen LogP contribution < -0.4 is 11.1 Å². The molecule has 0 radical (unpaired) electrons. The molecular formula is C13H17ClF4N2O. The lowest BCUT2D eigenvalue weighted by atomic mass is 9.87. The van der Waals surface area contributed by atoms with Gasteiger partial charge in [0, 0.05) is 0 Å². The fraction of sp³-hybridized carbons (Fsp3) is 0.462. The average molecular weight is 329 g/mol. The van der Waals surface area contributed by atoms with Gasteiger partial charge < -0.3 is 11.1 Å². The maximum atomic E-state index is 13.5. The summed E-state index contributed by atoms with van der Waals surface area (Å²) in [6, 6.07) is 0.828. The number of halogens is 5. The number of nitrogens with two attached hydrogens (primary N) is 1. The average Bonchev–Trinajstić information content (AvgIpc) is 2.28. The normalized spacial score (nSPS) is 13.3. The third-order valence-corrected chi connectivity index (χ3v) is 2.77. The monoisotopic (exact) mass is 328 g/mol. The van der Waals surface area contributed by atoms with E-state index in [-0.39, 0.29) is 12.4 Å². The molecule has 0 fully saturated rings. The van der Waals surface area contributed by atoms with Crippen molar-refractivity contribution in [2.24, 2.45) is 11.1 Å². The van der Waals surface area contributed by atoms with Crippen molar-refractivity contribution in [2.45, 2.75) is 33.0 Å². The van der Waals surface area contributed by atoms with E-state index in [1.54, 1.807) is 20.8 Å². The van der Waals surface area contributed by atoms with Crippen LogP contribution >= 0.6 is 12.4 Å². The molecule has 0 unspecified atom stereocenters. The zero-order valence-corrected chi connectivity index (χ0v) is 12.5. The highest BCUT2D eigenvalue weighted by molar-refractivity contribution is 5.95. The third-order valence-electron chi connectivity index (χ3n) is 2.77. The first kappa shape index (κ1) is 19.7. The molecule has 0 aromatic heterocycles. The predicted octanol–water partition coefficient (Wildman–Crippen LogP) is 3.58. The van der Waals surface area contributed by atoms with Crippen LogP contribution in [0.3, 0.4) is 0 Å². The van der Waals surface area contributed by atoms with Crippen LogP contribution in [0.1, 0.15) is 26.3 Å². The molecule has 0 saturated carbocycles. The molecule has 0 aliphatic carbocycles. The highest BCUT2D eigenvalue weighted by atomic mass is 35.5. The summed E-state index contributed by atoms with van der Waals surface area (Å²) in [4.78, 5) is 11.8. The molecule has 1 rings (SSSR count). The van der Waals surface area contributed by atoms with Crippen molar-refractivity contribution in [3.05, 3.63) is 29.6 Å². The number of hydrogen-bond acceptors (Lipinski definition) is 2. The Morgan fingerprint density at radius 1 is 1.24 bits per heavy atom. The summed E-state index contributed by atoms with van der Waals surface area (Å²) in [6.45, 7) is 5.08. The smallest absolute Gasteiger partial charge is 0.322 e. The van der Waals surface area contributed by atoms with Crippen molar-refractivity contribution in [1.82, 2.24) is 0 Å². The maximum absolute atomic E-state index is 13.5. The Bertz CT molecular complexity index is 512. The second kappa shape index (κ2) is 6.62. The molecule has 8 heteroatoms. The van der Waals surface area contributed by atoms with Crippen molar-refractivity contribution in [2.75, 3.05) is 5.32 Å². The third kappa shape index (κ3) is 5.17. The molecule has 0 saturated heterocycles. The zero-order chi connectivity index (χ0) is 15.7. The molecule has 120 valence electrons. The molecule has 1 aromatic rings. The van der Waals surface area contributed by atoms with Gasteiger partial charge in [0.05, 0.1) is 17.3 Å². The Morgan fingerprint density at radius 2 is 1.76 bits per heavy atom. The number of alkyl halides is 3. The number of carbonyl (C=O) groups is 1. The molecule has 0 aliphatic heterocycles. The summed E-state index contributed by atoms with van der Waals surface area (Å²) in [5, 5.41) is 2.09. The van der Waals surface area contributed by atoms with Crippen LogP contribution in [0, 0.1) is 11.2 Å². The number of rotatable bonds is 2. The summed E-state index contributed by atoms with van der Waals surface area (Å²) in [5.74, 6) is -1.69. The van der Waals surface area contributed by atoms with Crippen LogP contribution in [0.5, 0.6) is 0 Å². The molecule has 0 aliphatic rings. The lowest BCUT2D eigenvalue weighted by Gasteiger charge is -2.26. The highest BCUT2D eigenvalue weighted by Gasteiger charge is 2.32. The van der Waals surface area contributed by atoms with Crippen LogP contribution in [0.25, 0.3) is 0 Å². The van der Waals surface area contributed by atoms with Crippen LogP contribution in [0.4, 0.5) is 23.2 Å². The van der Waals surface area contributed by atoms with E-state index in [1.807, 2.05) is 0 Å². The van der Waals surface area contributed by atoms with Gasteiger partial charge in [0.15, 0.2) is 0 Å². The Labute approximate surface area is 126 Å². The number of nitrogens with one attached hydrogen (secondary N) is 1. The topological polar surface area (TPSA) is 55.1 Å². The Morgan fingerprint density at radius 3 is 2.19 bits per heavy atom. The molecule has 1 aromatic carbocycles. The Balaban J connectivity index is 0.00000400. The van der Waals surface area contributed by atoms with Crippen LogP contribution in [0.15, 0.2) is 18.2 Å². The quantitative estimate of drug-likeness (QED) is 0.815. The first-order valence-corrected chi connectivity index (χ1v) is 5.86. The van der Waals surface area contributed by atoms with E-state index in [9.17, 15) is 22.4 Å². The predicted molar refractivity (Wildman–Crippen MR) is 74.7 cm³/mol. The van der Waals surface area contributed by atoms with Gasteiger partial charge in [-0.1, -0.05) is 20.8 Å². The van der Waals surface area contributed by atoms with Gasteiger partial charge in [-0.15, -0.1) is 12.4 Å². The number of anilines is 1. The van der Waals surface area contributed by atoms with Gasteiger partial charge in [0.1, 0.15) is 5.82 Å². The standard InChI is InChI=1S/C13H16F4N2O.ClH/c1-12(2,3)10(18)11(20)19-9-6-7(13(15,16)17)4-5-8(9)14;/h4-6,10H,18H2,1-3H3,(H,19,20);1H/t10-;/m1./s1. The SMILES string of the molecule is CC(C)(C)[C@H](N)C(=O)Nc1cc(C(F)(F)F)ccc1F.Cl. The van der Waals surface area contributed by atoms with Gasteiger partial charge >= 0.3 is 6.18 Å². The first-order valence-electron chi connectivity index (χ1n) is 5.86. The summed E-state index contributed by atoms with van der Waals surface area (Å²) < 4.78 is 51.0. The minimum atomic E-state index is -4.61. The van der Waals surface area contributed by atoms with E-state index in [1.165, 1.54) is 0 Å². The zero-order valence-electron chi connectivity index (χ0n) is 11.7. The van der Waals surface area contributed by atoms with E-state index in [0.29, 0.717) is 18.2 Å². The van der Waals surface area contributed by atoms with Crippen molar-refractivity contribution in [1.29, 1.82) is 0 Å². The molecule has 1 atom stereocenters. The lowest BCUT2D eigenvalue weighted by Crippen LogP contribution is -2.45. The first-order chi connectivity index (χ1) is 8.93. The van der Waals surface area contributed by atoms with Gasteiger partial charge in [-0.2, -0.15) is 13.2 Å². The van der Waals surface area contributed by atoms with E-state index in [0.717, 1.165) is 0 Å². The molecule has 0 spiro atoms. The maximum Gasteiger partial charge on any atom is 0.416 e. The second-order valence-corrected chi connectivity index (χ2v) is 5.53. The molecular weight excluding hydrogens is 312 g/mol. The fourth-order valence-electron chi connectivity index (χ4n) is 1.40. The van der Waals surface area contributed by atoms with Crippen LogP contribution in [0.2, 0.25) is 0 Å². The largest absolute Gasteiger partial charge is 0.416 e. The molecule has 3 nitrogen and oxygen atoms in total. The Hall–Kier alpha value is -1.34. The van der Waals surface area contributed by atoms with E-state index >= 15 is 0 Å². The van der Waals surface area contributed by atoms with Crippen LogP contribution in [-0.4, -0.2) is 11.9 Å². The number of benzene rings is 1. The Kier molecular flexibility index (Phi) is 6.19. The van der Waals surface area contributed by atoms with E-state index < -0.39 is 40.6 Å². The number of amides is 1. The summed E-state index contributed by atoms with van der Waals surface area (Å²) >= 11 is 0. The van der Waals surface area contributed by atoms with Crippen molar-refractivity contribution >= 4 is 24.0 Å². The van der Waals surface area contributed by atoms with Gasteiger partial charge in [-0.3, -0.25) is 4.79 Å². The number of hydrogen-bond donors (Lipinski definition) is 2. The molecule has 0 bridgehead atoms. The van der Waals surface area contributed by atoms with Crippen molar-refractivity contribution < 1.29 is 22.4 Å². The van der Waals surface area contributed by atoms with Gasteiger partial charge in [-0.05, 0) is 23.6 Å². The molecule has 21 heavy (non-hydrogen) atoms. The van der Waals surface area contributed by atoms with E-state index in [4.69, 9.17) is 5.73 Å². The van der Waals surface area contributed by atoms with Gasteiger partial charge in [-0.25, -0.2) is 4.39 Å². The van der Waals surface area contributed by atoms with Crippen molar-refractivity contribution in [3.63, 3.8) is 0 Å². The molecule has 1 amide bonds. The van der Waals surface area contributed by atoms with Crippen molar-refractivity contribution in [3.8, 4) is 0 Å². The summed E-state index contributed by atoms with van der Waals surface area (Å²) in [5.41, 5.74) is 3.48. The molecule has 0 heterocycles. The second-order valence-electron chi connectivity index (χ2n) is 5.53. The fourth-order valence-corrected chi connectivity index (χ4v) is 1.40. The highest BCUT2D eigenvalue weighted by Crippen LogP contribution is 2.32. The number of carbonyl (C=O) groups excluding carboxylic acids is 1. The minimum Gasteiger partial charge on any atom is -0.322 e. The summed E-state index contributed by atoms with van der Waals surface area (Å²) in [7, 11) is 0. The molecule has 3 N–H and O–H groups in total. The van der Waals surface area contributed by atoms with Crippen LogP contribution in [-0.2, 0) is 11.0 Å². The summed E-state index contributed by atoms with van der Waals surface area (Å²) in [6.07, 6.45) is -4.61. The van der Waals surface area contributed by atoms with Gasteiger partial charge in [0.2, 0.25) is 5.91 Å². The van der Waals surface area contributed by atoms with Gasteiger partial charge in [0.25, 0.3) is 0 Å². The van der Waals surface area contributed by atoms with E-state index in [2.05, 4.69) is 5.32 Å². The minimum absolute atomic E-state index is 0.